The van der Waals surface area contributed by atoms with Crippen LogP contribution < -0.4 is 4.74 Å². The summed E-state index contributed by atoms with van der Waals surface area (Å²) in [5.41, 5.74) is 2.19. The molecule has 0 spiro atoms. The van der Waals surface area contributed by atoms with Crippen LogP contribution in [0.4, 0.5) is 4.39 Å². The second-order valence-corrected chi connectivity index (χ2v) is 10.9. The lowest BCUT2D eigenvalue weighted by Crippen LogP contribution is -2.09. The average Bonchev–Trinajstić information content (AvgIpc) is 2.92. The van der Waals surface area contributed by atoms with Crippen LogP contribution in [0.1, 0.15) is 129 Å². The first kappa shape index (κ1) is 31.2. The average molecular weight is 513 g/mol. The van der Waals surface area contributed by atoms with Gasteiger partial charge in [-0.15, -0.1) is 0 Å². The fourth-order valence-corrected chi connectivity index (χ4v) is 4.77. The molecule has 1 aromatic heterocycles. The molecule has 0 radical (unpaired) electrons. The van der Waals surface area contributed by atoms with Crippen molar-refractivity contribution in [3.63, 3.8) is 0 Å². The Morgan fingerprint density at radius 1 is 0.703 bits per heavy atom. The molecular formula is C33H53FN2O. The van der Waals surface area contributed by atoms with Gasteiger partial charge in [0, 0.05) is 24.4 Å². The van der Waals surface area contributed by atoms with Crippen molar-refractivity contribution in [1.82, 2.24) is 9.97 Å². The third kappa shape index (κ3) is 14.5. The van der Waals surface area contributed by atoms with E-state index in [1.807, 2.05) is 36.7 Å². The van der Waals surface area contributed by atoms with Crippen LogP contribution in [0.2, 0.25) is 0 Å². The number of benzene rings is 1. The van der Waals surface area contributed by atoms with E-state index < -0.39 is 6.17 Å². The minimum absolute atomic E-state index is 0.411. The zero-order chi connectivity index (χ0) is 26.6. The summed E-state index contributed by atoms with van der Waals surface area (Å²) in [5.74, 6) is 2.12. The van der Waals surface area contributed by atoms with Crippen molar-refractivity contribution in [2.45, 2.75) is 136 Å². The van der Waals surface area contributed by atoms with E-state index in [2.05, 4.69) is 30.7 Å². The first-order valence-electron chi connectivity index (χ1n) is 15.3. The van der Waals surface area contributed by atoms with Gasteiger partial charge < -0.3 is 4.74 Å². The fraction of sp³-hybridized carbons (Fsp3) is 0.697. The quantitative estimate of drug-likeness (QED) is 0.147. The molecule has 0 N–H and O–H groups in total. The summed E-state index contributed by atoms with van der Waals surface area (Å²) < 4.78 is 20.0. The number of ether oxygens (including phenoxy) is 1. The number of nitrogens with zero attached hydrogens (tertiary/aromatic N) is 2. The summed E-state index contributed by atoms with van der Waals surface area (Å²) in [6, 6.07) is 7.82. The van der Waals surface area contributed by atoms with E-state index in [1.165, 1.54) is 89.0 Å². The number of aromatic nitrogens is 2. The third-order valence-electron chi connectivity index (χ3n) is 7.36. The van der Waals surface area contributed by atoms with E-state index in [0.29, 0.717) is 25.4 Å². The SMILES string of the molecule is CCCCCCCCCCCc1cnc(-c2ccc(OCCC(F)CCC(C)CCCCC)cc2)nc1. The number of hydrogen-bond acceptors (Lipinski definition) is 3. The second-order valence-electron chi connectivity index (χ2n) is 10.9. The van der Waals surface area contributed by atoms with Gasteiger partial charge in [0.25, 0.3) is 0 Å². The smallest absolute Gasteiger partial charge is 0.159 e. The van der Waals surface area contributed by atoms with Crippen molar-refractivity contribution in [1.29, 1.82) is 0 Å². The highest BCUT2D eigenvalue weighted by Gasteiger charge is 2.10. The van der Waals surface area contributed by atoms with Gasteiger partial charge in [0.15, 0.2) is 5.82 Å². The molecule has 0 aliphatic rings. The maximum atomic E-state index is 14.3. The molecule has 208 valence electrons. The highest BCUT2D eigenvalue weighted by atomic mass is 19.1. The van der Waals surface area contributed by atoms with Gasteiger partial charge in [0.2, 0.25) is 0 Å². The van der Waals surface area contributed by atoms with Crippen molar-refractivity contribution in [3.05, 3.63) is 42.2 Å². The van der Waals surface area contributed by atoms with Crippen LogP contribution in [0.15, 0.2) is 36.7 Å². The highest BCUT2D eigenvalue weighted by molar-refractivity contribution is 5.55. The van der Waals surface area contributed by atoms with Gasteiger partial charge in [-0.05, 0) is 61.4 Å². The van der Waals surface area contributed by atoms with Crippen LogP contribution in [0, 0.1) is 5.92 Å². The second kappa shape index (κ2) is 20.1. The minimum Gasteiger partial charge on any atom is -0.493 e. The monoisotopic (exact) mass is 512 g/mol. The molecule has 0 aliphatic carbocycles. The summed E-state index contributed by atoms with van der Waals surface area (Å²) in [7, 11) is 0. The van der Waals surface area contributed by atoms with Gasteiger partial charge >= 0.3 is 0 Å². The molecule has 0 aliphatic heterocycles. The maximum Gasteiger partial charge on any atom is 0.159 e. The predicted molar refractivity (Wildman–Crippen MR) is 156 cm³/mol. The van der Waals surface area contributed by atoms with Crippen LogP contribution in [0.3, 0.4) is 0 Å². The van der Waals surface area contributed by atoms with Gasteiger partial charge in [-0.25, -0.2) is 14.4 Å². The van der Waals surface area contributed by atoms with Crippen LogP contribution in [-0.2, 0) is 6.42 Å². The van der Waals surface area contributed by atoms with E-state index in [9.17, 15) is 4.39 Å². The Morgan fingerprint density at radius 3 is 1.95 bits per heavy atom. The van der Waals surface area contributed by atoms with Crippen LogP contribution in [-0.4, -0.2) is 22.7 Å². The van der Waals surface area contributed by atoms with Gasteiger partial charge in [-0.1, -0.05) is 97.8 Å². The van der Waals surface area contributed by atoms with Crippen molar-refractivity contribution in [3.8, 4) is 17.1 Å². The molecule has 1 aromatic carbocycles. The zero-order valence-corrected chi connectivity index (χ0v) is 24.0. The number of halogens is 1. The summed E-state index contributed by atoms with van der Waals surface area (Å²) in [5, 5.41) is 0. The molecule has 1 heterocycles. The number of alkyl halides is 1. The Balaban J connectivity index is 1.60. The molecule has 3 nitrogen and oxygen atoms in total. The lowest BCUT2D eigenvalue weighted by Gasteiger charge is -2.14. The summed E-state index contributed by atoms with van der Waals surface area (Å²) >= 11 is 0. The van der Waals surface area contributed by atoms with Crippen molar-refractivity contribution >= 4 is 0 Å². The van der Waals surface area contributed by atoms with Crippen LogP contribution in [0.5, 0.6) is 5.75 Å². The third-order valence-corrected chi connectivity index (χ3v) is 7.36. The first-order chi connectivity index (χ1) is 18.1. The van der Waals surface area contributed by atoms with E-state index in [4.69, 9.17) is 4.74 Å². The first-order valence-corrected chi connectivity index (χ1v) is 15.3. The topological polar surface area (TPSA) is 35.0 Å². The van der Waals surface area contributed by atoms with Gasteiger partial charge in [-0.3, -0.25) is 0 Å². The summed E-state index contributed by atoms with van der Waals surface area (Å²) in [6.45, 7) is 7.15. The maximum absolute atomic E-state index is 14.3. The molecule has 0 amide bonds. The minimum atomic E-state index is -0.782. The Hall–Kier alpha value is -1.97. The molecule has 0 saturated heterocycles. The standard InChI is InChI=1S/C33H53FN2O/c1-4-6-8-9-10-11-12-13-15-17-29-26-35-33(36-27-29)30-19-22-32(23-20-30)37-25-24-31(34)21-18-28(3)16-14-7-5-2/h19-20,22-23,26-28,31H,4-18,21,24-25H2,1-3H3. The number of aryl methyl sites for hydroxylation is 1. The normalized spacial score (nSPS) is 13.0. The molecule has 0 fully saturated rings. The Bertz CT molecular complexity index is 793. The molecule has 2 aromatic rings. The molecule has 0 bridgehead atoms. The number of rotatable bonds is 22. The van der Waals surface area contributed by atoms with Crippen molar-refractivity contribution < 1.29 is 9.13 Å². The molecule has 37 heavy (non-hydrogen) atoms. The van der Waals surface area contributed by atoms with Gasteiger partial charge in [-0.2, -0.15) is 0 Å². The largest absolute Gasteiger partial charge is 0.493 e. The van der Waals surface area contributed by atoms with E-state index in [1.54, 1.807) is 0 Å². The molecule has 2 atom stereocenters. The van der Waals surface area contributed by atoms with E-state index in [0.717, 1.165) is 30.0 Å². The number of hydrogen-bond donors (Lipinski definition) is 0. The highest BCUT2D eigenvalue weighted by Crippen LogP contribution is 2.21. The molecule has 2 rings (SSSR count). The summed E-state index contributed by atoms with van der Waals surface area (Å²) in [6.07, 6.45) is 23.4. The van der Waals surface area contributed by atoms with Gasteiger partial charge in [0.05, 0.1) is 6.61 Å². The Labute approximate surface area is 227 Å². The van der Waals surface area contributed by atoms with Crippen molar-refractivity contribution in [2.24, 2.45) is 5.92 Å². The van der Waals surface area contributed by atoms with Crippen molar-refractivity contribution in [2.75, 3.05) is 6.61 Å². The molecule has 2 unspecified atom stereocenters. The Morgan fingerprint density at radius 2 is 1.30 bits per heavy atom. The molecular weight excluding hydrogens is 459 g/mol. The fourth-order valence-electron chi connectivity index (χ4n) is 4.77. The lowest BCUT2D eigenvalue weighted by atomic mass is 9.96. The van der Waals surface area contributed by atoms with Crippen LogP contribution in [0.25, 0.3) is 11.4 Å². The lowest BCUT2D eigenvalue weighted by molar-refractivity contribution is 0.216. The van der Waals surface area contributed by atoms with E-state index in [-0.39, 0.29) is 0 Å². The zero-order valence-electron chi connectivity index (χ0n) is 24.0. The van der Waals surface area contributed by atoms with E-state index >= 15 is 0 Å². The predicted octanol–water partition coefficient (Wildman–Crippen LogP) is 10.3. The van der Waals surface area contributed by atoms with Crippen LogP contribution >= 0.6 is 0 Å². The van der Waals surface area contributed by atoms with Gasteiger partial charge in [0.1, 0.15) is 11.9 Å². The molecule has 4 heteroatoms. The Kier molecular flexibility index (Phi) is 16.9. The summed E-state index contributed by atoms with van der Waals surface area (Å²) in [4.78, 5) is 9.15. The number of unbranched alkanes of at least 4 members (excludes halogenated alkanes) is 10. The molecule has 0 saturated carbocycles.